The van der Waals surface area contributed by atoms with Crippen molar-refractivity contribution in [2.75, 3.05) is 6.26 Å². The van der Waals surface area contributed by atoms with Crippen molar-refractivity contribution in [2.45, 2.75) is 11.7 Å². The fourth-order valence-corrected chi connectivity index (χ4v) is 3.09. The molecule has 12 heteroatoms. The fraction of sp³-hybridized carbons (Fsp3) is 0.375. The highest BCUT2D eigenvalue weighted by atomic mass is 32.2. The molecule has 1 aromatic heterocycles. The number of hydrogen-bond donors (Lipinski definition) is 4. The summed E-state index contributed by atoms with van der Waals surface area (Å²) < 4.78 is 25.0. The van der Waals surface area contributed by atoms with E-state index in [1.165, 1.54) is 23.1 Å². The molecule has 1 heterocycles. The zero-order valence-electron chi connectivity index (χ0n) is 10.6. The number of aromatic nitrogens is 1. The summed E-state index contributed by atoms with van der Waals surface area (Å²) in [5.41, 5.74) is 16.8. The molecule has 8 N–H and O–H groups in total. The highest BCUT2D eigenvalue weighted by molar-refractivity contribution is 8.00. The van der Waals surface area contributed by atoms with Gasteiger partial charge in [0.15, 0.2) is 5.96 Å². The van der Waals surface area contributed by atoms with E-state index in [0.29, 0.717) is 17.2 Å². The van der Waals surface area contributed by atoms with Gasteiger partial charge in [-0.2, -0.15) is 25.2 Å². The Balaban J connectivity index is 2.87. The van der Waals surface area contributed by atoms with E-state index in [2.05, 4.69) is 14.4 Å². The van der Waals surface area contributed by atoms with Crippen molar-refractivity contribution in [2.24, 2.45) is 31.7 Å². The molecule has 0 saturated carbocycles. The maximum Gasteiger partial charge on any atom is 0.318 e. The first-order valence-electron chi connectivity index (χ1n) is 5.16. The summed E-state index contributed by atoms with van der Waals surface area (Å²) in [5.74, 6) is -0.154. The van der Waals surface area contributed by atoms with Crippen LogP contribution in [0.3, 0.4) is 0 Å². The van der Waals surface area contributed by atoms with Gasteiger partial charge in [0, 0.05) is 11.8 Å². The number of nitrogens with two attached hydrogens (primary N) is 4. The predicted octanol–water partition coefficient (Wildman–Crippen LogP) is -1.12. The molecule has 0 fully saturated rings. The van der Waals surface area contributed by atoms with Gasteiger partial charge in [0.25, 0.3) is 0 Å². The number of thioether (sulfide) groups is 1. The van der Waals surface area contributed by atoms with Crippen LogP contribution in [0.25, 0.3) is 0 Å². The second-order valence-corrected chi connectivity index (χ2v) is 6.71. The van der Waals surface area contributed by atoms with E-state index in [4.69, 9.17) is 22.3 Å². The summed E-state index contributed by atoms with van der Waals surface area (Å²) in [6.07, 6.45) is 2.17. The van der Waals surface area contributed by atoms with Gasteiger partial charge in [-0.15, -0.1) is 15.7 Å². The van der Waals surface area contributed by atoms with Crippen molar-refractivity contribution < 1.29 is 8.42 Å². The molecule has 1 unspecified atom stereocenters. The molecule has 0 aromatic carbocycles. The molecule has 0 amide bonds. The first kappa shape index (κ1) is 16.7. The largest absolute Gasteiger partial charge is 0.385 e. The van der Waals surface area contributed by atoms with E-state index in [1.54, 1.807) is 11.6 Å². The maximum atomic E-state index is 10.9. The molecule has 0 aliphatic carbocycles. The Kier molecular flexibility index (Phi) is 5.74. The number of guanidine groups is 1. The van der Waals surface area contributed by atoms with Crippen molar-refractivity contribution >= 4 is 50.2 Å². The van der Waals surface area contributed by atoms with Gasteiger partial charge in [-0.1, -0.05) is 0 Å². The topological polar surface area (TPSA) is 176 Å². The van der Waals surface area contributed by atoms with E-state index < -0.39 is 10.2 Å². The molecule has 0 saturated heterocycles. The highest BCUT2D eigenvalue weighted by Gasteiger charge is 2.17. The van der Waals surface area contributed by atoms with Crippen molar-refractivity contribution in [3.63, 3.8) is 0 Å². The summed E-state index contributed by atoms with van der Waals surface area (Å²) in [6.45, 7) is 0. The Labute approximate surface area is 124 Å². The average molecular weight is 337 g/mol. The smallest absolute Gasteiger partial charge is 0.318 e. The lowest BCUT2D eigenvalue weighted by molar-refractivity contribution is 0.599. The Morgan fingerprint density at radius 2 is 2.15 bits per heavy atom. The first-order valence-corrected chi connectivity index (χ1v) is 8.83. The minimum atomic E-state index is -4.00. The van der Waals surface area contributed by atoms with E-state index in [0.717, 1.165) is 0 Å². The number of amidine groups is 1. The monoisotopic (exact) mass is 337 g/mol. The van der Waals surface area contributed by atoms with Crippen molar-refractivity contribution in [1.82, 2.24) is 4.98 Å². The lowest BCUT2D eigenvalue weighted by atomic mass is 10.2. The summed E-state index contributed by atoms with van der Waals surface area (Å²) in [7, 11) is -4.00. The molecule has 0 radical (unpaired) electrons. The molecule has 20 heavy (non-hydrogen) atoms. The van der Waals surface area contributed by atoms with Crippen LogP contribution in [0.4, 0.5) is 5.13 Å². The molecule has 0 bridgehead atoms. The molecule has 0 spiro atoms. The second kappa shape index (κ2) is 6.88. The second-order valence-electron chi connectivity index (χ2n) is 3.62. The minimum absolute atomic E-state index is 0.0728. The number of aliphatic imine (C=N–C) groups is 1. The zero-order valence-corrected chi connectivity index (χ0v) is 13.0. The quantitative estimate of drug-likeness (QED) is 0.375. The summed E-state index contributed by atoms with van der Waals surface area (Å²) in [5, 5.41) is 6.64. The highest BCUT2D eigenvalue weighted by Crippen LogP contribution is 2.22. The van der Waals surface area contributed by atoms with Gasteiger partial charge < -0.3 is 17.2 Å². The van der Waals surface area contributed by atoms with Crippen LogP contribution < -0.4 is 22.3 Å². The van der Waals surface area contributed by atoms with Gasteiger partial charge in [-0.3, -0.25) is 0 Å². The maximum absolute atomic E-state index is 10.9. The lowest BCUT2D eigenvalue weighted by Crippen LogP contribution is -2.30. The molecule has 9 nitrogen and oxygen atoms in total. The van der Waals surface area contributed by atoms with Crippen LogP contribution >= 0.6 is 23.1 Å². The van der Waals surface area contributed by atoms with Crippen LogP contribution in [-0.4, -0.2) is 36.7 Å². The Hall–Kier alpha value is -1.37. The van der Waals surface area contributed by atoms with Crippen molar-refractivity contribution in [1.29, 1.82) is 0 Å². The first-order chi connectivity index (χ1) is 9.21. The zero-order chi connectivity index (χ0) is 15.3. The molecule has 1 atom stereocenters. The summed E-state index contributed by atoms with van der Waals surface area (Å²) in [4.78, 5) is 8.00. The standard InChI is InChI=1S/C8H15N7O2S3/c1-18-5(6(9)15-20(12,16)17)2-4-3-19-8(13-4)14-7(10)11/h3,5H,2H2,1H3,(H2,9,15)(H2,12,16,17)(H4,10,11,13,14). The van der Waals surface area contributed by atoms with E-state index in [9.17, 15) is 8.42 Å². The number of rotatable bonds is 6. The predicted molar refractivity (Wildman–Crippen MR) is 83.3 cm³/mol. The molecular weight excluding hydrogens is 322 g/mol. The Morgan fingerprint density at radius 1 is 1.50 bits per heavy atom. The van der Waals surface area contributed by atoms with Crippen LogP contribution in [0.2, 0.25) is 0 Å². The molecule has 0 aliphatic heterocycles. The normalized spacial score (nSPS) is 14.0. The molecule has 0 aliphatic rings. The van der Waals surface area contributed by atoms with Crippen LogP contribution in [-0.2, 0) is 16.6 Å². The third-order valence-electron chi connectivity index (χ3n) is 2.01. The third kappa shape index (κ3) is 5.73. The van der Waals surface area contributed by atoms with Crippen molar-refractivity contribution in [3.8, 4) is 0 Å². The van der Waals surface area contributed by atoms with Crippen LogP contribution in [0, 0.1) is 0 Å². The van der Waals surface area contributed by atoms with E-state index in [-0.39, 0.29) is 17.0 Å². The molecular formula is C8H15N7O2S3. The van der Waals surface area contributed by atoms with Gasteiger partial charge in [0.1, 0.15) is 5.84 Å². The van der Waals surface area contributed by atoms with Crippen LogP contribution in [0.1, 0.15) is 5.69 Å². The van der Waals surface area contributed by atoms with E-state index in [1.807, 2.05) is 0 Å². The van der Waals surface area contributed by atoms with Crippen LogP contribution in [0.15, 0.2) is 14.8 Å². The number of nitrogens with zero attached hydrogens (tertiary/aromatic N) is 3. The van der Waals surface area contributed by atoms with Gasteiger partial charge in [-0.05, 0) is 6.26 Å². The summed E-state index contributed by atoms with van der Waals surface area (Å²) >= 11 is 2.60. The van der Waals surface area contributed by atoms with E-state index >= 15 is 0 Å². The van der Waals surface area contributed by atoms with Gasteiger partial charge in [0.05, 0.1) is 10.9 Å². The molecule has 1 rings (SSSR count). The fourth-order valence-electron chi connectivity index (χ4n) is 1.26. The van der Waals surface area contributed by atoms with Gasteiger partial charge in [-0.25, -0.2) is 10.1 Å². The molecule has 1 aromatic rings. The Morgan fingerprint density at radius 3 is 2.65 bits per heavy atom. The lowest BCUT2D eigenvalue weighted by Gasteiger charge is -2.11. The van der Waals surface area contributed by atoms with Gasteiger partial charge >= 0.3 is 10.2 Å². The molecule has 112 valence electrons. The average Bonchev–Trinajstić information content (AvgIpc) is 2.69. The SMILES string of the molecule is CSC(Cc1csc(N=C(N)N)n1)C(N)=NS(N)(=O)=O. The number of thiazole rings is 1. The number of hydrogen-bond acceptors (Lipinski definition) is 6. The minimum Gasteiger partial charge on any atom is -0.385 e. The Bertz CT molecular complexity index is 618. The summed E-state index contributed by atoms with van der Waals surface area (Å²) in [6, 6.07) is 0. The van der Waals surface area contributed by atoms with Gasteiger partial charge in [0.2, 0.25) is 5.13 Å². The third-order valence-corrected chi connectivity index (χ3v) is 4.23. The van der Waals surface area contributed by atoms with Crippen LogP contribution in [0.5, 0.6) is 0 Å². The van der Waals surface area contributed by atoms with Crippen molar-refractivity contribution in [3.05, 3.63) is 11.1 Å².